The fraction of sp³-hybridized carbons (Fsp3) is 0.364. The van der Waals surface area contributed by atoms with Gasteiger partial charge in [-0.25, -0.2) is 0 Å². The predicted octanol–water partition coefficient (Wildman–Crippen LogP) is 2.77. The fourth-order valence-corrected chi connectivity index (χ4v) is 1.18. The minimum absolute atomic E-state index is 0.0277. The summed E-state index contributed by atoms with van der Waals surface area (Å²) >= 11 is 0. The summed E-state index contributed by atoms with van der Waals surface area (Å²) in [5.41, 5.74) is 0.441. The van der Waals surface area contributed by atoms with E-state index in [1.165, 1.54) is 0 Å². The maximum Gasteiger partial charge on any atom is 0.166 e. The highest BCUT2D eigenvalue weighted by Gasteiger charge is 2.08. The van der Waals surface area contributed by atoms with Gasteiger partial charge in [-0.05, 0) is 18.6 Å². The first kappa shape index (κ1) is 9.78. The Morgan fingerprint density at radius 3 is 2.69 bits per heavy atom. The van der Waals surface area contributed by atoms with Crippen molar-refractivity contribution in [3.63, 3.8) is 0 Å². The second kappa shape index (κ2) is 4.65. The zero-order valence-electron chi connectivity index (χ0n) is 7.79. The molecule has 0 heterocycles. The van der Waals surface area contributed by atoms with Gasteiger partial charge >= 0.3 is 0 Å². The highest BCUT2D eigenvalue weighted by molar-refractivity contribution is 5.98. The van der Waals surface area contributed by atoms with Crippen LogP contribution in [0.1, 0.15) is 36.5 Å². The quantitative estimate of drug-likeness (QED) is 0.720. The molecule has 1 aromatic rings. The molecule has 0 atom stereocenters. The first-order valence-corrected chi connectivity index (χ1v) is 4.57. The number of unbranched alkanes of at least 4 members (excludes halogenated alkanes) is 1. The largest absolute Gasteiger partial charge is 0.507 e. The van der Waals surface area contributed by atoms with E-state index >= 15 is 0 Å². The summed E-state index contributed by atoms with van der Waals surface area (Å²) in [6.45, 7) is 2.04. The molecular formula is C11H14O2. The standard InChI is InChI=1S/C11H14O2/c1-2-3-7-10(12)9-6-4-5-8-11(9)13/h4-6,8,13H,2-3,7H2,1H3. The van der Waals surface area contributed by atoms with Crippen molar-refractivity contribution in [3.05, 3.63) is 29.8 Å². The summed E-state index contributed by atoms with van der Waals surface area (Å²) in [7, 11) is 0. The molecule has 0 bridgehead atoms. The van der Waals surface area contributed by atoms with Gasteiger partial charge in [0, 0.05) is 6.42 Å². The Bertz CT molecular complexity index is 292. The van der Waals surface area contributed by atoms with E-state index in [2.05, 4.69) is 0 Å². The molecule has 0 unspecified atom stereocenters. The second-order valence-corrected chi connectivity index (χ2v) is 3.04. The van der Waals surface area contributed by atoms with Crippen LogP contribution in [0.15, 0.2) is 24.3 Å². The Labute approximate surface area is 78.2 Å². The highest BCUT2D eigenvalue weighted by atomic mass is 16.3. The van der Waals surface area contributed by atoms with Gasteiger partial charge in [-0.1, -0.05) is 25.5 Å². The molecule has 0 aliphatic carbocycles. The maximum absolute atomic E-state index is 11.5. The molecule has 2 heteroatoms. The zero-order chi connectivity index (χ0) is 9.68. The summed E-state index contributed by atoms with van der Waals surface area (Å²) in [6.07, 6.45) is 2.40. The van der Waals surface area contributed by atoms with Crippen molar-refractivity contribution in [2.24, 2.45) is 0 Å². The summed E-state index contributed by atoms with van der Waals surface area (Å²) in [4.78, 5) is 11.5. The lowest BCUT2D eigenvalue weighted by Gasteiger charge is -2.01. The minimum atomic E-state index is 0.0277. The molecular weight excluding hydrogens is 164 g/mol. The van der Waals surface area contributed by atoms with Crippen LogP contribution in [-0.2, 0) is 0 Å². The summed E-state index contributed by atoms with van der Waals surface area (Å²) < 4.78 is 0. The van der Waals surface area contributed by atoms with Crippen molar-refractivity contribution in [2.45, 2.75) is 26.2 Å². The SMILES string of the molecule is CCCCC(=O)c1ccccc1O. The molecule has 0 fully saturated rings. The number of rotatable bonds is 4. The molecule has 0 aromatic heterocycles. The number of aromatic hydroxyl groups is 1. The minimum Gasteiger partial charge on any atom is -0.507 e. The fourth-order valence-electron chi connectivity index (χ4n) is 1.18. The highest BCUT2D eigenvalue weighted by Crippen LogP contribution is 2.18. The van der Waals surface area contributed by atoms with Crippen molar-refractivity contribution >= 4 is 5.78 Å². The van der Waals surface area contributed by atoms with Crippen LogP contribution in [0.3, 0.4) is 0 Å². The van der Waals surface area contributed by atoms with Crippen molar-refractivity contribution in [2.75, 3.05) is 0 Å². The van der Waals surface area contributed by atoms with Crippen molar-refractivity contribution in [1.29, 1.82) is 0 Å². The van der Waals surface area contributed by atoms with Gasteiger partial charge < -0.3 is 5.11 Å². The Kier molecular flexibility index (Phi) is 3.50. The number of ketones is 1. The topological polar surface area (TPSA) is 37.3 Å². The van der Waals surface area contributed by atoms with Gasteiger partial charge in [-0.3, -0.25) is 4.79 Å². The normalized spacial score (nSPS) is 9.92. The van der Waals surface area contributed by atoms with E-state index in [0.29, 0.717) is 12.0 Å². The Hall–Kier alpha value is -1.31. The van der Waals surface area contributed by atoms with E-state index in [1.54, 1.807) is 24.3 Å². The van der Waals surface area contributed by atoms with Gasteiger partial charge in [0.05, 0.1) is 5.56 Å². The van der Waals surface area contributed by atoms with Gasteiger partial charge in [0.2, 0.25) is 0 Å². The molecule has 0 radical (unpaired) electrons. The smallest absolute Gasteiger partial charge is 0.166 e. The van der Waals surface area contributed by atoms with E-state index in [-0.39, 0.29) is 11.5 Å². The molecule has 1 N–H and O–H groups in total. The first-order chi connectivity index (χ1) is 6.25. The van der Waals surface area contributed by atoms with Crippen molar-refractivity contribution < 1.29 is 9.90 Å². The monoisotopic (exact) mass is 178 g/mol. The molecule has 0 saturated heterocycles. The maximum atomic E-state index is 11.5. The van der Waals surface area contributed by atoms with E-state index in [1.807, 2.05) is 6.92 Å². The Balaban J connectivity index is 2.71. The zero-order valence-corrected chi connectivity index (χ0v) is 7.79. The molecule has 0 aliphatic heterocycles. The van der Waals surface area contributed by atoms with Gasteiger partial charge in [0.15, 0.2) is 5.78 Å². The number of para-hydroxylation sites is 1. The van der Waals surface area contributed by atoms with Crippen LogP contribution in [0.25, 0.3) is 0 Å². The van der Waals surface area contributed by atoms with Gasteiger partial charge in [-0.2, -0.15) is 0 Å². The van der Waals surface area contributed by atoms with Crippen LogP contribution in [0.2, 0.25) is 0 Å². The summed E-state index contributed by atoms with van der Waals surface area (Å²) in [6, 6.07) is 6.68. The number of Topliss-reactive ketones (excluding diaryl/α,β-unsaturated/α-hetero) is 1. The van der Waals surface area contributed by atoms with E-state index in [4.69, 9.17) is 0 Å². The third kappa shape index (κ3) is 2.58. The lowest BCUT2D eigenvalue weighted by atomic mass is 10.1. The van der Waals surface area contributed by atoms with E-state index < -0.39 is 0 Å². The van der Waals surface area contributed by atoms with E-state index in [0.717, 1.165) is 12.8 Å². The molecule has 2 nitrogen and oxygen atoms in total. The lowest BCUT2D eigenvalue weighted by molar-refractivity contribution is 0.0977. The molecule has 1 aromatic carbocycles. The number of hydrogen-bond acceptors (Lipinski definition) is 2. The third-order valence-electron chi connectivity index (χ3n) is 1.96. The number of phenols is 1. The predicted molar refractivity (Wildman–Crippen MR) is 52.0 cm³/mol. The third-order valence-corrected chi connectivity index (χ3v) is 1.96. The van der Waals surface area contributed by atoms with E-state index in [9.17, 15) is 9.90 Å². The van der Waals surface area contributed by atoms with Gasteiger partial charge in [0.25, 0.3) is 0 Å². The molecule has 13 heavy (non-hydrogen) atoms. The molecule has 0 spiro atoms. The Morgan fingerprint density at radius 1 is 1.38 bits per heavy atom. The van der Waals surface area contributed by atoms with Crippen molar-refractivity contribution in [1.82, 2.24) is 0 Å². The van der Waals surface area contributed by atoms with Crippen LogP contribution < -0.4 is 0 Å². The van der Waals surface area contributed by atoms with Crippen LogP contribution >= 0.6 is 0 Å². The molecule has 0 aliphatic rings. The van der Waals surface area contributed by atoms with Crippen molar-refractivity contribution in [3.8, 4) is 5.75 Å². The van der Waals surface area contributed by atoms with Crippen LogP contribution in [0.4, 0.5) is 0 Å². The van der Waals surface area contributed by atoms with Gasteiger partial charge in [0.1, 0.15) is 5.75 Å². The molecule has 0 saturated carbocycles. The molecule has 0 amide bonds. The lowest BCUT2D eigenvalue weighted by Crippen LogP contribution is -1.98. The number of carbonyl (C=O) groups is 1. The average Bonchev–Trinajstić information content (AvgIpc) is 2.15. The number of phenolic OH excluding ortho intramolecular Hbond substituents is 1. The number of benzene rings is 1. The number of carbonyl (C=O) groups excluding carboxylic acids is 1. The number of hydrogen-bond donors (Lipinski definition) is 1. The second-order valence-electron chi connectivity index (χ2n) is 3.04. The van der Waals surface area contributed by atoms with Crippen LogP contribution in [0, 0.1) is 0 Å². The summed E-state index contributed by atoms with van der Waals surface area (Å²) in [5.74, 6) is 0.114. The van der Waals surface area contributed by atoms with Crippen LogP contribution in [0.5, 0.6) is 5.75 Å². The van der Waals surface area contributed by atoms with Gasteiger partial charge in [-0.15, -0.1) is 0 Å². The first-order valence-electron chi connectivity index (χ1n) is 4.57. The molecule has 1 rings (SSSR count). The molecule has 70 valence electrons. The summed E-state index contributed by atoms with van der Waals surface area (Å²) in [5, 5.41) is 9.36. The Morgan fingerprint density at radius 2 is 2.08 bits per heavy atom. The average molecular weight is 178 g/mol. The van der Waals surface area contributed by atoms with Crippen LogP contribution in [-0.4, -0.2) is 10.9 Å².